The number of amides is 1. The van der Waals surface area contributed by atoms with Gasteiger partial charge in [-0.25, -0.2) is 14.2 Å². The summed E-state index contributed by atoms with van der Waals surface area (Å²) in [7, 11) is 1.39. The molecule has 4 heterocycles. The molecular formula is C28H28FN3O7. The summed E-state index contributed by atoms with van der Waals surface area (Å²) >= 11 is 0. The lowest BCUT2D eigenvalue weighted by Crippen LogP contribution is -2.44. The van der Waals surface area contributed by atoms with Crippen LogP contribution in [0.2, 0.25) is 0 Å². The Morgan fingerprint density at radius 1 is 1.33 bits per heavy atom. The second kappa shape index (κ2) is 8.94. The van der Waals surface area contributed by atoms with E-state index >= 15 is 0 Å². The molecule has 204 valence electrons. The second-order valence-electron chi connectivity index (χ2n) is 10.4. The highest BCUT2D eigenvalue weighted by atomic mass is 19.1. The number of methoxy groups -OCH3 is 1. The zero-order chi connectivity index (χ0) is 27.8. The fourth-order valence-corrected chi connectivity index (χ4v) is 6.20. The van der Waals surface area contributed by atoms with Crippen LogP contribution in [-0.4, -0.2) is 51.5 Å². The smallest absolute Gasteiger partial charge is 0.343 e. The van der Waals surface area contributed by atoms with Gasteiger partial charge in [0, 0.05) is 29.7 Å². The zero-order valence-corrected chi connectivity index (χ0v) is 21.8. The van der Waals surface area contributed by atoms with E-state index in [1.54, 1.807) is 19.9 Å². The number of nitrogens with one attached hydrogen (secondary N) is 1. The Morgan fingerprint density at radius 2 is 2.10 bits per heavy atom. The summed E-state index contributed by atoms with van der Waals surface area (Å²) in [5.74, 6) is -1.83. The highest BCUT2D eigenvalue weighted by Crippen LogP contribution is 2.45. The third kappa shape index (κ3) is 3.56. The maximum atomic E-state index is 15.0. The first-order chi connectivity index (χ1) is 18.6. The summed E-state index contributed by atoms with van der Waals surface area (Å²) in [6.45, 7) is 3.05. The summed E-state index contributed by atoms with van der Waals surface area (Å²) in [5, 5.41) is 25.0. The Labute approximate surface area is 222 Å². The van der Waals surface area contributed by atoms with Crippen LogP contribution in [0.3, 0.4) is 0 Å². The first kappa shape index (κ1) is 25.6. The minimum atomic E-state index is -1.97. The van der Waals surface area contributed by atoms with Gasteiger partial charge in [0.2, 0.25) is 0 Å². The van der Waals surface area contributed by atoms with Crippen molar-refractivity contribution in [2.75, 3.05) is 13.7 Å². The van der Waals surface area contributed by atoms with Gasteiger partial charge in [-0.1, -0.05) is 6.92 Å². The number of aliphatic hydroxyl groups excluding tert-OH is 1. The highest BCUT2D eigenvalue weighted by molar-refractivity contribution is 5.94. The van der Waals surface area contributed by atoms with E-state index in [1.807, 2.05) is 0 Å². The lowest BCUT2D eigenvalue weighted by Gasteiger charge is -2.31. The molecule has 1 aromatic carbocycles. The number of nitrogens with zero attached hydrogens (tertiary/aromatic N) is 2. The van der Waals surface area contributed by atoms with Crippen LogP contribution in [0.1, 0.15) is 59.2 Å². The van der Waals surface area contributed by atoms with E-state index in [4.69, 9.17) is 14.5 Å². The number of hydrogen-bond donors (Lipinski definition) is 3. The molecule has 3 N–H and O–H groups in total. The molecule has 0 radical (unpaired) electrons. The van der Waals surface area contributed by atoms with Crippen LogP contribution < -0.4 is 10.9 Å². The van der Waals surface area contributed by atoms with Crippen molar-refractivity contribution in [2.45, 2.75) is 64.0 Å². The molecule has 0 fully saturated rings. The normalized spacial score (nSPS) is 21.7. The summed E-state index contributed by atoms with van der Waals surface area (Å²) in [4.78, 5) is 43.7. The van der Waals surface area contributed by atoms with E-state index in [2.05, 4.69) is 5.32 Å². The number of benzene rings is 1. The van der Waals surface area contributed by atoms with Crippen molar-refractivity contribution in [3.8, 4) is 11.4 Å². The Hall–Kier alpha value is -3.67. The van der Waals surface area contributed by atoms with Crippen LogP contribution in [0.5, 0.6) is 0 Å². The molecule has 10 nitrogen and oxygen atoms in total. The number of fused-ring (bicyclic) bond motifs is 5. The van der Waals surface area contributed by atoms with Gasteiger partial charge in [-0.05, 0) is 48.9 Å². The fourth-order valence-electron chi connectivity index (χ4n) is 6.20. The third-order valence-corrected chi connectivity index (χ3v) is 8.32. The van der Waals surface area contributed by atoms with Gasteiger partial charge in [0.1, 0.15) is 12.4 Å². The molecule has 0 unspecified atom stereocenters. The van der Waals surface area contributed by atoms with Crippen molar-refractivity contribution in [1.29, 1.82) is 0 Å². The van der Waals surface area contributed by atoms with Crippen LogP contribution in [0.4, 0.5) is 4.39 Å². The average Bonchev–Trinajstić information content (AvgIpc) is 3.29. The maximum Gasteiger partial charge on any atom is 0.343 e. The molecule has 2 aliphatic heterocycles. The SMILES string of the molecule is CC[C@@]1(O)C(=O)OCc2c1cc1n(c2=O)Cc2c-1nc1cc(F)c(C)c3c1c2[C@@H](NC(=O)[C@@H](O)COC)CC3. The van der Waals surface area contributed by atoms with Crippen molar-refractivity contribution >= 4 is 22.8 Å². The van der Waals surface area contributed by atoms with Gasteiger partial charge in [0.05, 0.1) is 41.7 Å². The molecule has 0 saturated heterocycles. The van der Waals surface area contributed by atoms with Gasteiger partial charge in [-0.15, -0.1) is 0 Å². The topological polar surface area (TPSA) is 140 Å². The number of carbonyl (C=O) groups excluding carboxylic acids is 2. The van der Waals surface area contributed by atoms with Crippen molar-refractivity contribution < 1.29 is 33.7 Å². The van der Waals surface area contributed by atoms with Crippen molar-refractivity contribution in [1.82, 2.24) is 14.9 Å². The largest absolute Gasteiger partial charge is 0.458 e. The number of aliphatic hydroxyl groups is 2. The lowest BCUT2D eigenvalue weighted by atomic mass is 9.81. The van der Waals surface area contributed by atoms with Crippen molar-refractivity contribution in [2.24, 2.45) is 0 Å². The number of cyclic esters (lactones) is 1. The molecule has 6 rings (SSSR count). The summed E-state index contributed by atoms with van der Waals surface area (Å²) < 4.78 is 26.6. The number of aryl methyl sites for hydroxylation is 1. The van der Waals surface area contributed by atoms with Gasteiger partial charge in [-0.2, -0.15) is 0 Å². The zero-order valence-electron chi connectivity index (χ0n) is 21.8. The molecule has 39 heavy (non-hydrogen) atoms. The molecule has 0 bridgehead atoms. The molecule has 0 saturated carbocycles. The monoisotopic (exact) mass is 537 g/mol. The van der Waals surface area contributed by atoms with Crippen LogP contribution in [0.25, 0.3) is 22.3 Å². The van der Waals surface area contributed by atoms with E-state index in [1.165, 1.54) is 17.7 Å². The predicted octanol–water partition coefficient (Wildman–Crippen LogP) is 1.64. The number of aromatic nitrogens is 2. The van der Waals surface area contributed by atoms with Crippen LogP contribution >= 0.6 is 0 Å². The predicted molar refractivity (Wildman–Crippen MR) is 136 cm³/mol. The quantitative estimate of drug-likeness (QED) is 0.327. The number of esters is 1. The summed E-state index contributed by atoms with van der Waals surface area (Å²) in [6.07, 6.45) is -0.416. The molecule has 3 atom stereocenters. The number of rotatable bonds is 5. The summed E-state index contributed by atoms with van der Waals surface area (Å²) in [6, 6.07) is 2.42. The van der Waals surface area contributed by atoms with Gasteiger partial charge < -0.3 is 29.6 Å². The van der Waals surface area contributed by atoms with Crippen LogP contribution in [-0.2, 0) is 44.2 Å². The third-order valence-electron chi connectivity index (χ3n) is 8.32. The second-order valence-corrected chi connectivity index (χ2v) is 10.4. The number of carbonyl (C=O) groups is 2. The Morgan fingerprint density at radius 3 is 2.82 bits per heavy atom. The number of halogens is 1. The van der Waals surface area contributed by atoms with Crippen molar-refractivity contribution in [3.05, 3.63) is 61.7 Å². The minimum absolute atomic E-state index is 0.0107. The van der Waals surface area contributed by atoms with Crippen LogP contribution in [0.15, 0.2) is 16.9 Å². The maximum absolute atomic E-state index is 15.0. The Kier molecular flexibility index (Phi) is 5.87. The molecule has 2 aromatic heterocycles. The first-order valence-corrected chi connectivity index (χ1v) is 12.9. The highest BCUT2D eigenvalue weighted by Gasteiger charge is 2.46. The van der Waals surface area contributed by atoms with E-state index in [0.29, 0.717) is 40.9 Å². The van der Waals surface area contributed by atoms with E-state index in [9.17, 15) is 29.0 Å². The van der Waals surface area contributed by atoms with Gasteiger partial charge in [0.15, 0.2) is 11.7 Å². The number of pyridine rings is 2. The number of hydrogen-bond acceptors (Lipinski definition) is 8. The van der Waals surface area contributed by atoms with E-state index in [0.717, 1.165) is 16.5 Å². The molecule has 11 heteroatoms. The van der Waals surface area contributed by atoms with E-state index < -0.39 is 41.0 Å². The Bertz CT molecular complexity index is 1650. The molecular weight excluding hydrogens is 509 g/mol. The van der Waals surface area contributed by atoms with Crippen LogP contribution in [0, 0.1) is 12.7 Å². The van der Waals surface area contributed by atoms with Gasteiger partial charge in [-0.3, -0.25) is 9.59 Å². The van der Waals surface area contributed by atoms with Crippen molar-refractivity contribution in [3.63, 3.8) is 0 Å². The van der Waals surface area contributed by atoms with Gasteiger partial charge in [0.25, 0.3) is 11.5 Å². The molecule has 0 spiro atoms. The molecule has 3 aromatic rings. The molecule has 3 aliphatic rings. The summed E-state index contributed by atoms with van der Waals surface area (Å²) in [5.41, 5.74) is 1.89. The minimum Gasteiger partial charge on any atom is -0.458 e. The lowest BCUT2D eigenvalue weighted by molar-refractivity contribution is -0.172. The molecule has 1 amide bonds. The van der Waals surface area contributed by atoms with E-state index in [-0.39, 0.29) is 37.3 Å². The fraction of sp³-hybridized carbons (Fsp3) is 0.429. The Balaban J connectivity index is 1.60. The average molecular weight is 538 g/mol. The first-order valence-electron chi connectivity index (χ1n) is 12.9. The molecule has 1 aliphatic carbocycles. The van der Waals surface area contributed by atoms with Gasteiger partial charge >= 0.3 is 5.97 Å². The standard InChI is InChI=1S/C28H28FN3O7/c1-4-28(37)16-7-20-24-14(9-32(20)26(35)15(16)10-39-27(28)36)23-18(31-25(34)21(33)11-38-3)6-5-13-12(2)17(29)8-19(30-24)22(13)23/h7-8,18,21,33,37H,4-6,9-11H2,1-3H3,(H,31,34)/t18-,21-,28-/m0/s1. The number of ether oxygens (including phenoxy) is 2.